The molecule has 5 nitrogen and oxygen atoms in total. The number of aryl methyl sites for hydroxylation is 1. The fourth-order valence-electron chi connectivity index (χ4n) is 3.30. The van der Waals surface area contributed by atoms with Crippen molar-refractivity contribution in [1.82, 2.24) is 9.88 Å². The Morgan fingerprint density at radius 3 is 2.69 bits per heavy atom. The number of carbonyl (C=O) groups is 2. The van der Waals surface area contributed by atoms with Gasteiger partial charge in [0.2, 0.25) is 5.91 Å². The number of aromatic nitrogens is 1. The predicted molar refractivity (Wildman–Crippen MR) is 102 cm³/mol. The van der Waals surface area contributed by atoms with Crippen molar-refractivity contribution in [2.75, 3.05) is 13.1 Å². The summed E-state index contributed by atoms with van der Waals surface area (Å²) >= 11 is 1.53. The van der Waals surface area contributed by atoms with E-state index in [1.54, 1.807) is 11.8 Å². The van der Waals surface area contributed by atoms with E-state index in [2.05, 4.69) is 36.2 Å². The highest BCUT2D eigenvalue weighted by molar-refractivity contribution is 7.13. The van der Waals surface area contributed by atoms with Crippen molar-refractivity contribution in [1.29, 1.82) is 0 Å². The zero-order valence-corrected chi connectivity index (χ0v) is 16.0. The Kier molecular flexibility index (Phi) is 5.41. The van der Waals surface area contributed by atoms with Crippen LogP contribution in [-0.2, 0) is 22.4 Å². The van der Waals surface area contributed by atoms with Gasteiger partial charge in [0.1, 0.15) is 5.01 Å². The van der Waals surface area contributed by atoms with Crippen molar-refractivity contribution < 1.29 is 14.7 Å². The van der Waals surface area contributed by atoms with Gasteiger partial charge in [-0.3, -0.25) is 9.59 Å². The fraction of sp³-hybridized carbons (Fsp3) is 0.450. The van der Waals surface area contributed by atoms with Crippen LogP contribution in [0.3, 0.4) is 0 Å². The van der Waals surface area contributed by atoms with Crippen LogP contribution in [0.4, 0.5) is 0 Å². The standard InChI is InChI=1S/C20H24N2O3S/c1-3-14-5-7-15(8-6-14)18-21-16(12-26-18)11-17(23)22-10-4-9-20(2,13-22)19(24)25/h5-8,12H,3-4,9-11,13H2,1-2H3,(H,24,25). The Labute approximate surface area is 157 Å². The normalized spacial score (nSPS) is 20.2. The number of benzene rings is 1. The van der Waals surface area contributed by atoms with Crippen LogP contribution in [0, 0.1) is 5.41 Å². The summed E-state index contributed by atoms with van der Waals surface area (Å²) in [6.45, 7) is 4.74. The van der Waals surface area contributed by atoms with Gasteiger partial charge < -0.3 is 10.0 Å². The van der Waals surface area contributed by atoms with Gasteiger partial charge in [-0.05, 0) is 31.7 Å². The number of carboxylic acids is 1. The van der Waals surface area contributed by atoms with Crippen LogP contribution in [0.2, 0.25) is 0 Å². The summed E-state index contributed by atoms with van der Waals surface area (Å²) in [6, 6.07) is 8.32. The van der Waals surface area contributed by atoms with Crippen LogP contribution in [0.1, 0.15) is 37.9 Å². The van der Waals surface area contributed by atoms with E-state index in [0.29, 0.717) is 13.0 Å². The Hall–Kier alpha value is -2.21. The van der Waals surface area contributed by atoms with Crippen LogP contribution < -0.4 is 0 Å². The summed E-state index contributed by atoms with van der Waals surface area (Å²) < 4.78 is 0. The Bertz CT molecular complexity index is 800. The van der Waals surface area contributed by atoms with Gasteiger partial charge in [-0.15, -0.1) is 11.3 Å². The molecule has 0 aliphatic carbocycles. The number of piperidine rings is 1. The fourth-order valence-corrected chi connectivity index (χ4v) is 4.12. The molecule has 2 heterocycles. The highest BCUT2D eigenvalue weighted by atomic mass is 32.1. The van der Waals surface area contributed by atoms with Gasteiger partial charge in [0, 0.05) is 24.0 Å². The zero-order chi connectivity index (χ0) is 18.7. The number of rotatable bonds is 5. The van der Waals surface area contributed by atoms with Gasteiger partial charge in [-0.2, -0.15) is 0 Å². The molecule has 1 aromatic carbocycles. The van der Waals surface area contributed by atoms with E-state index >= 15 is 0 Å². The molecule has 1 aromatic heterocycles. The monoisotopic (exact) mass is 372 g/mol. The second kappa shape index (κ2) is 7.58. The summed E-state index contributed by atoms with van der Waals surface area (Å²) in [5.74, 6) is -0.878. The Morgan fingerprint density at radius 2 is 2.04 bits per heavy atom. The van der Waals surface area contributed by atoms with E-state index in [4.69, 9.17) is 0 Å². The lowest BCUT2D eigenvalue weighted by molar-refractivity contribution is -0.153. The van der Waals surface area contributed by atoms with E-state index < -0.39 is 11.4 Å². The third-order valence-electron chi connectivity index (χ3n) is 5.06. The first-order valence-electron chi connectivity index (χ1n) is 8.96. The van der Waals surface area contributed by atoms with Gasteiger partial charge in [0.15, 0.2) is 0 Å². The van der Waals surface area contributed by atoms with E-state index in [9.17, 15) is 14.7 Å². The highest BCUT2D eigenvalue weighted by Gasteiger charge is 2.39. The molecule has 138 valence electrons. The summed E-state index contributed by atoms with van der Waals surface area (Å²) in [5.41, 5.74) is 2.24. The molecule has 1 atom stereocenters. The lowest BCUT2D eigenvalue weighted by atomic mass is 9.82. The smallest absolute Gasteiger partial charge is 0.311 e. The third kappa shape index (κ3) is 3.96. The number of carbonyl (C=O) groups excluding carboxylic acids is 1. The number of likely N-dealkylation sites (tertiary alicyclic amines) is 1. The maximum Gasteiger partial charge on any atom is 0.311 e. The molecule has 1 unspecified atom stereocenters. The number of nitrogens with zero attached hydrogens (tertiary/aromatic N) is 2. The van der Waals surface area contributed by atoms with Crippen molar-refractivity contribution in [2.45, 2.75) is 39.5 Å². The van der Waals surface area contributed by atoms with Crippen LogP contribution in [0.25, 0.3) is 10.6 Å². The first-order chi connectivity index (χ1) is 12.4. The van der Waals surface area contributed by atoms with E-state index in [1.807, 2.05) is 5.38 Å². The van der Waals surface area contributed by atoms with Crippen molar-refractivity contribution in [3.05, 3.63) is 40.9 Å². The maximum absolute atomic E-state index is 12.6. The van der Waals surface area contributed by atoms with Gasteiger partial charge in [0.25, 0.3) is 0 Å². The van der Waals surface area contributed by atoms with Crippen molar-refractivity contribution >= 4 is 23.2 Å². The minimum atomic E-state index is -0.845. The highest BCUT2D eigenvalue weighted by Crippen LogP contribution is 2.30. The quantitative estimate of drug-likeness (QED) is 0.870. The Morgan fingerprint density at radius 1 is 1.31 bits per heavy atom. The first-order valence-corrected chi connectivity index (χ1v) is 9.84. The van der Waals surface area contributed by atoms with Gasteiger partial charge in [-0.1, -0.05) is 31.2 Å². The number of hydrogen-bond acceptors (Lipinski definition) is 4. The second-order valence-electron chi connectivity index (χ2n) is 7.16. The molecule has 2 aromatic rings. The third-order valence-corrected chi connectivity index (χ3v) is 6.00. The second-order valence-corrected chi connectivity index (χ2v) is 8.01. The lowest BCUT2D eigenvalue weighted by Gasteiger charge is -2.37. The minimum Gasteiger partial charge on any atom is -0.481 e. The summed E-state index contributed by atoms with van der Waals surface area (Å²) in [5, 5.41) is 12.2. The average Bonchev–Trinajstić information content (AvgIpc) is 3.10. The number of hydrogen-bond donors (Lipinski definition) is 1. The maximum atomic E-state index is 12.6. The molecule has 0 spiro atoms. The molecule has 1 fully saturated rings. The molecule has 0 saturated carbocycles. The van der Waals surface area contributed by atoms with Crippen LogP contribution in [-0.4, -0.2) is 40.0 Å². The van der Waals surface area contributed by atoms with Crippen molar-refractivity contribution in [3.8, 4) is 10.6 Å². The largest absolute Gasteiger partial charge is 0.481 e. The molecule has 1 saturated heterocycles. The van der Waals surface area contributed by atoms with Crippen LogP contribution in [0.15, 0.2) is 29.6 Å². The molecule has 26 heavy (non-hydrogen) atoms. The topological polar surface area (TPSA) is 70.5 Å². The van der Waals surface area contributed by atoms with E-state index in [0.717, 1.165) is 29.1 Å². The molecular formula is C20H24N2O3S. The van der Waals surface area contributed by atoms with Gasteiger partial charge in [-0.25, -0.2) is 4.98 Å². The molecule has 1 N–H and O–H groups in total. The number of thiazole rings is 1. The number of aliphatic carboxylic acids is 1. The first kappa shape index (κ1) is 18.6. The van der Waals surface area contributed by atoms with Crippen molar-refractivity contribution in [2.24, 2.45) is 5.41 Å². The van der Waals surface area contributed by atoms with E-state index in [1.165, 1.54) is 16.9 Å². The molecule has 0 bridgehead atoms. The van der Waals surface area contributed by atoms with Crippen molar-refractivity contribution in [3.63, 3.8) is 0 Å². The predicted octanol–water partition coefficient (Wildman–Crippen LogP) is 3.63. The summed E-state index contributed by atoms with van der Waals surface area (Å²) in [6.07, 6.45) is 2.56. The number of amides is 1. The SMILES string of the molecule is CCc1ccc(-c2nc(CC(=O)N3CCCC(C)(C(=O)O)C3)cs2)cc1. The number of carboxylic acid groups (broad SMARTS) is 1. The molecule has 6 heteroatoms. The Balaban J connectivity index is 1.66. The lowest BCUT2D eigenvalue weighted by Crippen LogP contribution is -2.48. The summed E-state index contributed by atoms with van der Waals surface area (Å²) in [7, 11) is 0. The molecule has 1 aliphatic rings. The van der Waals surface area contributed by atoms with Gasteiger partial charge in [0.05, 0.1) is 17.5 Å². The zero-order valence-electron chi connectivity index (χ0n) is 15.2. The average molecular weight is 372 g/mol. The van der Waals surface area contributed by atoms with E-state index in [-0.39, 0.29) is 18.9 Å². The molecule has 3 rings (SSSR count). The van der Waals surface area contributed by atoms with Crippen LogP contribution >= 0.6 is 11.3 Å². The molecule has 1 aliphatic heterocycles. The molecular weight excluding hydrogens is 348 g/mol. The molecule has 1 amide bonds. The van der Waals surface area contributed by atoms with Crippen LogP contribution in [0.5, 0.6) is 0 Å². The molecule has 0 radical (unpaired) electrons. The summed E-state index contributed by atoms with van der Waals surface area (Å²) in [4.78, 5) is 30.3. The minimum absolute atomic E-state index is 0.0460. The van der Waals surface area contributed by atoms with Gasteiger partial charge >= 0.3 is 5.97 Å².